The third kappa shape index (κ3) is 3.47. The smallest absolute Gasteiger partial charge is 0.336 e. The number of pyridine rings is 1. The molecule has 0 saturated heterocycles. The summed E-state index contributed by atoms with van der Waals surface area (Å²) in [6.45, 7) is 4.89. The van der Waals surface area contributed by atoms with Gasteiger partial charge in [-0.3, -0.25) is 0 Å². The highest BCUT2D eigenvalue weighted by Gasteiger charge is 2.12. The van der Waals surface area contributed by atoms with Gasteiger partial charge in [0.05, 0.1) is 17.7 Å². The van der Waals surface area contributed by atoms with E-state index >= 15 is 0 Å². The van der Waals surface area contributed by atoms with Gasteiger partial charge < -0.3 is 9.84 Å². The van der Waals surface area contributed by atoms with Crippen LogP contribution < -0.4 is 4.74 Å². The maximum absolute atomic E-state index is 11.3. The average Bonchev–Trinajstić information content (AvgIpc) is 2.42. The number of benzene rings is 1. The van der Waals surface area contributed by atoms with Crippen LogP contribution in [0.4, 0.5) is 0 Å². The van der Waals surface area contributed by atoms with Crippen molar-refractivity contribution >= 4 is 16.9 Å². The van der Waals surface area contributed by atoms with Crippen molar-refractivity contribution in [2.24, 2.45) is 5.92 Å². The second-order valence-electron chi connectivity index (χ2n) is 5.21. The molecule has 2 aromatic rings. The van der Waals surface area contributed by atoms with Gasteiger partial charge in [-0.15, -0.1) is 0 Å². The minimum atomic E-state index is -0.962. The Morgan fingerprint density at radius 3 is 2.80 bits per heavy atom. The molecule has 1 heterocycles. The zero-order valence-corrected chi connectivity index (χ0v) is 11.8. The molecule has 0 radical (unpaired) electrons. The standard InChI is InChI=1S/C16H19NO3/c1-11(2)6-5-9-20-15-10-13(16(18)19)12-7-3-4-8-14(12)17-15/h3-4,7-8,10-11H,5-6,9H2,1-2H3,(H,18,19). The lowest BCUT2D eigenvalue weighted by molar-refractivity contribution is 0.0698. The summed E-state index contributed by atoms with van der Waals surface area (Å²) in [7, 11) is 0. The summed E-state index contributed by atoms with van der Waals surface area (Å²) in [5.74, 6) is 0.0539. The van der Waals surface area contributed by atoms with Gasteiger partial charge in [-0.2, -0.15) is 0 Å². The van der Waals surface area contributed by atoms with Gasteiger partial charge in [-0.25, -0.2) is 9.78 Å². The summed E-state index contributed by atoms with van der Waals surface area (Å²) in [6.07, 6.45) is 2.02. The van der Waals surface area contributed by atoms with Gasteiger partial charge >= 0.3 is 5.97 Å². The molecule has 0 aliphatic heterocycles. The third-order valence-corrected chi connectivity index (χ3v) is 3.10. The zero-order valence-electron chi connectivity index (χ0n) is 11.8. The molecule has 1 N–H and O–H groups in total. The van der Waals surface area contributed by atoms with Crippen LogP contribution in [0.5, 0.6) is 5.88 Å². The average molecular weight is 273 g/mol. The fourth-order valence-electron chi connectivity index (χ4n) is 2.07. The largest absolute Gasteiger partial charge is 0.478 e. The van der Waals surface area contributed by atoms with Gasteiger partial charge in [0.15, 0.2) is 0 Å². The van der Waals surface area contributed by atoms with Crippen LogP contribution >= 0.6 is 0 Å². The molecule has 1 aromatic carbocycles. The predicted molar refractivity (Wildman–Crippen MR) is 78.3 cm³/mol. The first kappa shape index (κ1) is 14.3. The summed E-state index contributed by atoms with van der Waals surface area (Å²) in [5.41, 5.74) is 0.876. The van der Waals surface area contributed by atoms with Gasteiger partial charge in [0.1, 0.15) is 0 Å². The molecule has 4 heteroatoms. The Morgan fingerprint density at radius 1 is 1.35 bits per heavy atom. The molecule has 0 aliphatic carbocycles. The molecule has 0 fully saturated rings. The van der Waals surface area contributed by atoms with Crippen LogP contribution in [0.15, 0.2) is 30.3 Å². The molecule has 1 aromatic heterocycles. The maximum Gasteiger partial charge on any atom is 0.336 e. The molecule has 0 amide bonds. The molecule has 0 atom stereocenters. The molecule has 0 unspecified atom stereocenters. The number of ether oxygens (including phenoxy) is 1. The molecule has 0 spiro atoms. The summed E-state index contributed by atoms with van der Waals surface area (Å²) >= 11 is 0. The fraction of sp³-hybridized carbons (Fsp3) is 0.375. The molecule has 20 heavy (non-hydrogen) atoms. The van der Waals surface area contributed by atoms with Crippen LogP contribution in [0.25, 0.3) is 10.9 Å². The second kappa shape index (κ2) is 6.37. The topological polar surface area (TPSA) is 59.4 Å². The van der Waals surface area contributed by atoms with Crippen molar-refractivity contribution in [3.63, 3.8) is 0 Å². The highest BCUT2D eigenvalue weighted by atomic mass is 16.5. The van der Waals surface area contributed by atoms with Crippen LogP contribution in [0, 0.1) is 5.92 Å². The van der Waals surface area contributed by atoms with Gasteiger partial charge in [-0.1, -0.05) is 32.0 Å². The summed E-state index contributed by atoms with van der Waals surface area (Å²) in [4.78, 5) is 15.7. The van der Waals surface area contributed by atoms with Crippen molar-refractivity contribution in [1.29, 1.82) is 0 Å². The molecule has 0 saturated carbocycles. The molecule has 0 aliphatic rings. The van der Waals surface area contributed by atoms with Crippen LogP contribution in [0.1, 0.15) is 37.0 Å². The Hall–Kier alpha value is -2.10. The third-order valence-electron chi connectivity index (χ3n) is 3.10. The minimum absolute atomic E-state index is 0.231. The first-order chi connectivity index (χ1) is 9.58. The first-order valence-electron chi connectivity index (χ1n) is 6.84. The van der Waals surface area contributed by atoms with E-state index in [-0.39, 0.29) is 5.56 Å². The molecular weight excluding hydrogens is 254 g/mol. The zero-order chi connectivity index (χ0) is 14.5. The monoisotopic (exact) mass is 273 g/mol. The SMILES string of the molecule is CC(C)CCCOc1cc(C(=O)O)c2ccccc2n1. The van der Waals surface area contributed by atoms with Crippen molar-refractivity contribution in [2.45, 2.75) is 26.7 Å². The van der Waals surface area contributed by atoms with E-state index in [1.54, 1.807) is 18.2 Å². The molecule has 0 bridgehead atoms. The number of nitrogens with zero attached hydrogens (tertiary/aromatic N) is 1. The number of carboxylic acid groups (broad SMARTS) is 1. The van der Waals surface area contributed by atoms with E-state index in [2.05, 4.69) is 18.8 Å². The van der Waals surface area contributed by atoms with Crippen LogP contribution in [0.2, 0.25) is 0 Å². The van der Waals surface area contributed by atoms with E-state index in [9.17, 15) is 9.90 Å². The van der Waals surface area contributed by atoms with E-state index in [0.29, 0.717) is 29.3 Å². The Morgan fingerprint density at radius 2 is 2.10 bits per heavy atom. The van der Waals surface area contributed by atoms with E-state index in [0.717, 1.165) is 12.8 Å². The lowest BCUT2D eigenvalue weighted by Gasteiger charge is -2.09. The Bertz CT molecular complexity index is 608. The second-order valence-corrected chi connectivity index (χ2v) is 5.21. The number of carboxylic acids is 1. The molecule has 2 rings (SSSR count). The lowest BCUT2D eigenvalue weighted by atomic mass is 10.1. The molecule has 106 valence electrons. The van der Waals surface area contributed by atoms with Crippen LogP contribution in [0.3, 0.4) is 0 Å². The summed E-state index contributed by atoms with van der Waals surface area (Å²) < 4.78 is 5.58. The normalized spacial score (nSPS) is 10.9. The number of rotatable bonds is 6. The van der Waals surface area contributed by atoms with Gasteiger partial charge in [0.2, 0.25) is 5.88 Å². The maximum atomic E-state index is 11.3. The summed E-state index contributed by atoms with van der Waals surface area (Å²) in [5, 5.41) is 9.90. The number of hydrogen-bond acceptors (Lipinski definition) is 3. The number of carbonyl (C=O) groups is 1. The Kier molecular flexibility index (Phi) is 4.56. The number of hydrogen-bond donors (Lipinski definition) is 1. The van der Waals surface area contributed by atoms with Crippen LogP contribution in [-0.4, -0.2) is 22.7 Å². The van der Waals surface area contributed by atoms with Crippen molar-refractivity contribution < 1.29 is 14.6 Å². The number of aromatic nitrogens is 1. The highest BCUT2D eigenvalue weighted by Crippen LogP contribution is 2.22. The lowest BCUT2D eigenvalue weighted by Crippen LogP contribution is -2.04. The fourth-order valence-corrected chi connectivity index (χ4v) is 2.07. The van der Waals surface area contributed by atoms with Crippen molar-refractivity contribution in [3.05, 3.63) is 35.9 Å². The minimum Gasteiger partial charge on any atom is -0.478 e. The highest BCUT2D eigenvalue weighted by molar-refractivity contribution is 6.02. The quantitative estimate of drug-likeness (QED) is 0.814. The predicted octanol–water partition coefficient (Wildman–Crippen LogP) is 3.75. The Labute approximate surface area is 118 Å². The number of fused-ring (bicyclic) bond motifs is 1. The first-order valence-corrected chi connectivity index (χ1v) is 6.84. The van der Waals surface area contributed by atoms with E-state index in [1.165, 1.54) is 6.07 Å². The van der Waals surface area contributed by atoms with Gasteiger partial charge in [-0.05, 0) is 24.8 Å². The van der Waals surface area contributed by atoms with E-state index in [4.69, 9.17) is 4.74 Å². The molecular formula is C16H19NO3. The van der Waals surface area contributed by atoms with Crippen molar-refractivity contribution in [1.82, 2.24) is 4.98 Å². The van der Waals surface area contributed by atoms with Crippen molar-refractivity contribution in [3.8, 4) is 5.88 Å². The van der Waals surface area contributed by atoms with Gasteiger partial charge in [0.25, 0.3) is 0 Å². The van der Waals surface area contributed by atoms with Crippen LogP contribution in [-0.2, 0) is 0 Å². The van der Waals surface area contributed by atoms with E-state index in [1.807, 2.05) is 6.07 Å². The molecule has 4 nitrogen and oxygen atoms in total. The number of para-hydroxylation sites is 1. The van der Waals surface area contributed by atoms with Gasteiger partial charge in [0, 0.05) is 11.5 Å². The Balaban J connectivity index is 2.20. The van der Waals surface area contributed by atoms with Crippen molar-refractivity contribution in [2.75, 3.05) is 6.61 Å². The van der Waals surface area contributed by atoms with E-state index < -0.39 is 5.97 Å². The summed E-state index contributed by atoms with van der Waals surface area (Å²) in [6, 6.07) is 8.69. The number of aromatic carboxylic acids is 1.